The molecule has 31 heavy (non-hydrogen) atoms. The molecule has 2 fully saturated rings. The molecule has 2 aliphatic rings. The molecule has 0 amide bonds. The molecule has 1 aromatic heterocycles. The summed E-state index contributed by atoms with van der Waals surface area (Å²) >= 11 is 0. The lowest BCUT2D eigenvalue weighted by Gasteiger charge is -2.36. The molecule has 1 aliphatic heterocycles. The molecule has 1 aromatic carbocycles. The average Bonchev–Trinajstić information content (AvgIpc) is 3.16. The van der Waals surface area contributed by atoms with E-state index in [2.05, 4.69) is 19.7 Å². The second-order valence-electron chi connectivity index (χ2n) is 8.62. The van der Waals surface area contributed by atoms with Crippen LogP contribution < -0.4 is 9.62 Å². The zero-order valence-electron chi connectivity index (χ0n) is 17.8. The summed E-state index contributed by atoms with van der Waals surface area (Å²) in [6.07, 6.45) is 5.06. The van der Waals surface area contributed by atoms with Crippen molar-refractivity contribution in [1.82, 2.24) is 14.8 Å². The van der Waals surface area contributed by atoms with Crippen molar-refractivity contribution in [2.24, 2.45) is 5.92 Å². The van der Waals surface area contributed by atoms with Crippen molar-refractivity contribution in [2.45, 2.75) is 45.1 Å². The highest BCUT2D eigenvalue weighted by Crippen LogP contribution is 2.30. The molecule has 7 nitrogen and oxygen atoms in total. The standard InChI is InChI=1S/C21H30F2N4O3S/c1-2-31(28,29)25-16-5-3-15(4-6-16)7-8-26-9-11-27(12-10-26)21-17-13-18(22)19(23)14-20(17)30-24-21/h13-16,25H,2-12H2,1H3/t15-,16-. The molecule has 0 radical (unpaired) electrons. The van der Waals surface area contributed by atoms with Crippen molar-refractivity contribution >= 4 is 26.8 Å². The average molecular weight is 457 g/mol. The van der Waals surface area contributed by atoms with Crippen molar-refractivity contribution < 1.29 is 21.7 Å². The maximum atomic E-state index is 13.6. The summed E-state index contributed by atoms with van der Waals surface area (Å²) in [5, 5.41) is 4.54. The van der Waals surface area contributed by atoms with Crippen LogP contribution in [0.15, 0.2) is 16.7 Å². The SMILES string of the molecule is CCS(=O)(=O)N[C@H]1CC[C@H](CCN2CCN(c3noc4cc(F)c(F)cc34)CC2)CC1. The highest BCUT2D eigenvalue weighted by molar-refractivity contribution is 7.89. The summed E-state index contributed by atoms with van der Waals surface area (Å²) < 4.78 is 58.5. The number of hydrogen-bond donors (Lipinski definition) is 1. The van der Waals surface area contributed by atoms with Crippen LogP contribution in [0.2, 0.25) is 0 Å². The van der Waals surface area contributed by atoms with Gasteiger partial charge in [0.05, 0.1) is 11.1 Å². The largest absolute Gasteiger partial charge is 0.354 e. The lowest BCUT2D eigenvalue weighted by molar-refractivity contribution is 0.214. The third-order valence-corrected chi connectivity index (χ3v) is 8.04. The van der Waals surface area contributed by atoms with Gasteiger partial charge in [0.25, 0.3) is 0 Å². The molecule has 1 saturated heterocycles. The fraction of sp³-hybridized carbons (Fsp3) is 0.667. The van der Waals surface area contributed by atoms with Crippen LogP contribution in [0.5, 0.6) is 0 Å². The molecule has 0 bridgehead atoms. The number of halogens is 2. The first-order chi connectivity index (χ1) is 14.8. The van der Waals surface area contributed by atoms with Crippen LogP contribution in [-0.2, 0) is 10.0 Å². The van der Waals surface area contributed by atoms with Gasteiger partial charge in [-0.25, -0.2) is 21.9 Å². The molecule has 172 valence electrons. The van der Waals surface area contributed by atoms with Crippen LogP contribution in [0.1, 0.15) is 39.0 Å². The van der Waals surface area contributed by atoms with Crippen LogP contribution in [0.25, 0.3) is 11.0 Å². The van der Waals surface area contributed by atoms with Gasteiger partial charge in [0, 0.05) is 38.3 Å². The molecule has 0 spiro atoms. The maximum absolute atomic E-state index is 13.6. The number of rotatable bonds is 7. The Hall–Kier alpha value is -1.78. The monoisotopic (exact) mass is 456 g/mol. The van der Waals surface area contributed by atoms with Gasteiger partial charge in [-0.1, -0.05) is 5.16 Å². The molecular weight excluding hydrogens is 426 g/mol. The Morgan fingerprint density at radius 3 is 2.45 bits per heavy atom. The van der Waals surface area contributed by atoms with E-state index >= 15 is 0 Å². The Balaban J connectivity index is 1.22. The van der Waals surface area contributed by atoms with E-state index in [0.29, 0.717) is 17.1 Å². The van der Waals surface area contributed by atoms with E-state index in [1.807, 2.05) is 0 Å². The van der Waals surface area contributed by atoms with Crippen LogP contribution in [0.4, 0.5) is 14.6 Å². The van der Waals surface area contributed by atoms with E-state index in [1.54, 1.807) is 6.92 Å². The van der Waals surface area contributed by atoms with Crippen LogP contribution in [0.3, 0.4) is 0 Å². The molecule has 2 aromatic rings. The predicted molar refractivity (Wildman–Crippen MR) is 116 cm³/mol. The first-order valence-corrected chi connectivity index (χ1v) is 12.7. The van der Waals surface area contributed by atoms with Crippen molar-refractivity contribution in [3.63, 3.8) is 0 Å². The van der Waals surface area contributed by atoms with E-state index in [1.165, 1.54) is 0 Å². The fourth-order valence-electron chi connectivity index (χ4n) is 4.60. The minimum Gasteiger partial charge on any atom is -0.354 e. The Kier molecular flexibility index (Phi) is 6.78. The van der Waals surface area contributed by atoms with Crippen molar-refractivity contribution in [3.8, 4) is 0 Å². The summed E-state index contributed by atoms with van der Waals surface area (Å²) in [5.41, 5.74) is 0.258. The zero-order chi connectivity index (χ0) is 22.0. The first kappa shape index (κ1) is 22.4. The summed E-state index contributed by atoms with van der Waals surface area (Å²) in [5.74, 6) is -0.488. The zero-order valence-corrected chi connectivity index (χ0v) is 18.6. The number of hydrogen-bond acceptors (Lipinski definition) is 6. The predicted octanol–water partition coefficient (Wildman–Crippen LogP) is 3.12. The van der Waals surface area contributed by atoms with Gasteiger partial charge in [-0.15, -0.1) is 0 Å². The number of fused-ring (bicyclic) bond motifs is 1. The van der Waals surface area contributed by atoms with Crippen LogP contribution in [0, 0.1) is 17.6 Å². The Bertz CT molecular complexity index is 997. The van der Waals surface area contributed by atoms with Gasteiger partial charge in [0.1, 0.15) is 0 Å². The molecule has 4 rings (SSSR count). The van der Waals surface area contributed by atoms with Gasteiger partial charge in [0.15, 0.2) is 23.0 Å². The van der Waals surface area contributed by atoms with E-state index in [-0.39, 0.29) is 17.4 Å². The van der Waals surface area contributed by atoms with Crippen molar-refractivity contribution in [2.75, 3.05) is 43.4 Å². The lowest BCUT2D eigenvalue weighted by atomic mass is 9.84. The van der Waals surface area contributed by atoms with E-state index in [0.717, 1.165) is 77.0 Å². The van der Waals surface area contributed by atoms with E-state index in [4.69, 9.17) is 4.52 Å². The van der Waals surface area contributed by atoms with E-state index in [9.17, 15) is 17.2 Å². The second kappa shape index (κ2) is 9.38. The third-order valence-electron chi connectivity index (χ3n) is 6.59. The Morgan fingerprint density at radius 2 is 1.77 bits per heavy atom. The molecule has 1 aliphatic carbocycles. The summed E-state index contributed by atoms with van der Waals surface area (Å²) in [7, 11) is -3.12. The molecule has 0 atom stereocenters. The lowest BCUT2D eigenvalue weighted by Crippen LogP contribution is -2.47. The number of aromatic nitrogens is 1. The van der Waals surface area contributed by atoms with Gasteiger partial charge in [0.2, 0.25) is 10.0 Å². The van der Waals surface area contributed by atoms with Crippen LogP contribution in [-0.4, -0.2) is 63.0 Å². The smallest absolute Gasteiger partial charge is 0.211 e. The quantitative estimate of drug-likeness (QED) is 0.690. The minimum atomic E-state index is -3.12. The Morgan fingerprint density at radius 1 is 1.10 bits per heavy atom. The number of sulfonamides is 1. The molecule has 10 heteroatoms. The molecule has 1 saturated carbocycles. The third kappa shape index (κ3) is 5.35. The normalized spacial score (nSPS) is 23.5. The second-order valence-corrected chi connectivity index (χ2v) is 10.7. The Labute approximate surface area is 181 Å². The van der Waals surface area contributed by atoms with Gasteiger partial charge in [-0.05, 0) is 57.6 Å². The summed E-state index contributed by atoms with van der Waals surface area (Å²) in [6.45, 7) is 5.95. The summed E-state index contributed by atoms with van der Waals surface area (Å²) in [4.78, 5) is 4.48. The van der Waals surface area contributed by atoms with Crippen molar-refractivity contribution in [3.05, 3.63) is 23.8 Å². The van der Waals surface area contributed by atoms with Gasteiger partial charge >= 0.3 is 0 Å². The van der Waals surface area contributed by atoms with Gasteiger partial charge < -0.3 is 9.42 Å². The number of anilines is 1. The summed E-state index contributed by atoms with van der Waals surface area (Å²) in [6, 6.07) is 2.28. The highest BCUT2D eigenvalue weighted by atomic mass is 32.2. The molecule has 0 unspecified atom stereocenters. The topological polar surface area (TPSA) is 78.7 Å². The minimum absolute atomic E-state index is 0.0836. The number of piperazine rings is 1. The van der Waals surface area contributed by atoms with Gasteiger partial charge in [-0.3, -0.25) is 4.90 Å². The number of nitrogens with one attached hydrogen (secondary N) is 1. The first-order valence-electron chi connectivity index (χ1n) is 11.1. The van der Waals surface area contributed by atoms with E-state index < -0.39 is 21.7 Å². The molecular formula is C21H30F2N4O3S. The number of nitrogens with zero attached hydrogens (tertiary/aromatic N) is 3. The molecule has 1 N–H and O–H groups in total. The fourth-order valence-corrected chi connectivity index (χ4v) is 5.51. The number of benzene rings is 1. The molecule has 2 heterocycles. The van der Waals surface area contributed by atoms with Gasteiger partial charge in [-0.2, -0.15) is 0 Å². The van der Waals surface area contributed by atoms with Crippen LogP contribution >= 0.6 is 0 Å². The van der Waals surface area contributed by atoms with Crippen molar-refractivity contribution in [1.29, 1.82) is 0 Å². The maximum Gasteiger partial charge on any atom is 0.211 e. The highest BCUT2D eigenvalue weighted by Gasteiger charge is 2.26.